The van der Waals surface area contributed by atoms with Crippen LogP contribution in [0.1, 0.15) is 49.9 Å². The van der Waals surface area contributed by atoms with E-state index < -0.39 is 0 Å². The zero-order valence-corrected chi connectivity index (χ0v) is 62.2. The molecule has 0 radical (unpaired) electrons. The molecular formula is C104H72N8. The Labute approximate surface area is 647 Å². The van der Waals surface area contributed by atoms with Crippen LogP contribution in [0.4, 0.5) is 0 Å². The molecule has 0 saturated carbocycles. The second-order valence-electron chi connectivity index (χ2n) is 30.9. The van der Waals surface area contributed by atoms with Gasteiger partial charge in [0.05, 0.1) is 61.2 Å². The van der Waals surface area contributed by atoms with Crippen molar-refractivity contribution in [2.24, 2.45) is 0 Å². The topological polar surface area (TPSA) is 71.3 Å². The zero-order chi connectivity index (χ0) is 74.5. The quantitative estimate of drug-likeness (QED) is 0.144. The summed E-state index contributed by atoms with van der Waals surface area (Å²) in [5.74, 6) is 1.41. The minimum Gasteiger partial charge on any atom is -0.309 e. The van der Waals surface area contributed by atoms with E-state index in [1.165, 1.54) is 132 Å². The van der Waals surface area contributed by atoms with Crippen molar-refractivity contribution < 1.29 is 0 Å². The Hall–Kier alpha value is -14.3. The highest BCUT2D eigenvalue weighted by atomic mass is 15.0. The first kappa shape index (κ1) is 64.8. The van der Waals surface area contributed by atoms with Crippen LogP contribution >= 0.6 is 0 Å². The fraction of sp³-hybridized carbons (Fsp3) is 0.0577. The van der Waals surface area contributed by atoms with Gasteiger partial charge in [-0.3, -0.25) is 0 Å². The highest BCUT2D eigenvalue weighted by Crippen LogP contribution is 2.53. The predicted molar refractivity (Wildman–Crippen MR) is 464 cm³/mol. The maximum atomic E-state index is 5.17. The van der Waals surface area contributed by atoms with Gasteiger partial charge in [0.15, 0.2) is 11.6 Å². The van der Waals surface area contributed by atoms with E-state index in [-0.39, 0.29) is 10.8 Å². The van der Waals surface area contributed by atoms with E-state index >= 15 is 0 Å². The SMILES string of the molecule is CC1(C)c2ccccc2-n2c3ccc4c(c5ccccc5n4-c4cc(-c5cc(-c6ccccc6)cc(-c6ccccc6)c5)cc(-c5ncccn5)c4)c3c3cccc1c32.CC1(C)c2ccccc2-n2c3ccc4c(c5ccccc5n4-c4cccc(-c5cnc(-c6ccccc6)nc5-c5ccccc5)c4)c3c3cccc1c32. The molecule has 15 aromatic carbocycles. The van der Waals surface area contributed by atoms with Gasteiger partial charge in [-0.15, -0.1) is 0 Å². The van der Waals surface area contributed by atoms with E-state index in [2.05, 4.69) is 361 Å². The third-order valence-electron chi connectivity index (χ3n) is 23.9. The van der Waals surface area contributed by atoms with Crippen LogP contribution in [0.25, 0.3) is 189 Å². The third-order valence-corrected chi connectivity index (χ3v) is 23.9. The lowest BCUT2D eigenvalue weighted by atomic mass is 9.75. The first-order valence-electron chi connectivity index (χ1n) is 38.6. The van der Waals surface area contributed by atoms with Gasteiger partial charge >= 0.3 is 0 Å². The maximum Gasteiger partial charge on any atom is 0.159 e. The molecule has 23 rings (SSSR count). The van der Waals surface area contributed by atoms with Crippen LogP contribution < -0.4 is 0 Å². The molecule has 0 fully saturated rings. The normalized spacial score (nSPS) is 13.1. The molecule has 0 bridgehead atoms. The van der Waals surface area contributed by atoms with E-state index in [1.54, 1.807) is 0 Å². The van der Waals surface area contributed by atoms with Crippen LogP contribution in [-0.4, -0.2) is 38.2 Å². The number of hydrogen-bond acceptors (Lipinski definition) is 4. The molecule has 2 aliphatic rings. The fourth-order valence-electron chi connectivity index (χ4n) is 18.8. The Morgan fingerprint density at radius 1 is 0.241 bits per heavy atom. The monoisotopic (exact) mass is 1430 g/mol. The molecule has 8 heteroatoms. The Bertz CT molecular complexity index is 7350. The molecule has 528 valence electrons. The lowest BCUT2D eigenvalue weighted by molar-refractivity contribution is 0.630. The van der Waals surface area contributed by atoms with E-state index in [4.69, 9.17) is 19.9 Å². The molecule has 0 N–H and O–H groups in total. The highest BCUT2D eigenvalue weighted by molar-refractivity contribution is 6.31. The van der Waals surface area contributed by atoms with Crippen molar-refractivity contribution in [1.82, 2.24) is 38.2 Å². The Kier molecular flexibility index (Phi) is 14.5. The van der Waals surface area contributed by atoms with Crippen molar-refractivity contribution >= 4 is 87.2 Å². The van der Waals surface area contributed by atoms with Gasteiger partial charge in [0, 0.05) is 106 Å². The summed E-state index contributed by atoms with van der Waals surface area (Å²) >= 11 is 0. The first-order valence-corrected chi connectivity index (χ1v) is 38.6. The average molecular weight is 1430 g/mol. The Morgan fingerprint density at radius 2 is 0.616 bits per heavy atom. The Morgan fingerprint density at radius 3 is 1.15 bits per heavy atom. The molecule has 112 heavy (non-hydrogen) atoms. The molecule has 8 nitrogen and oxygen atoms in total. The summed E-state index contributed by atoms with van der Waals surface area (Å²) in [5, 5.41) is 10.2. The van der Waals surface area contributed by atoms with Crippen molar-refractivity contribution in [2.75, 3.05) is 0 Å². The second kappa shape index (κ2) is 25.1. The zero-order valence-electron chi connectivity index (χ0n) is 62.2. The number of para-hydroxylation sites is 6. The van der Waals surface area contributed by atoms with Gasteiger partial charge < -0.3 is 18.3 Å². The van der Waals surface area contributed by atoms with Gasteiger partial charge in [-0.25, -0.2) is 19.9 Å². The molecule has 0 spiro atoms. The number of benzene rings is 15. The summed E-state index contributed by atoms with van der Waals surface area (Å²) in [5.41, 5.74) is 32.5. The van der Waals surface area contributed by atoms with Gasteiger partial charge in [-0.05, 0) is 164 Å². The predicted octanol–water partition coefficient (Wildman–Crippen LogP) is 26.3. The minimum absolute atomic E-state index is 0.115. The first-order chi connectivity index (χ1) is 55.1. The molecule has 0 amide bonds. The van der Waals surface area contributed by atoms with E-state index in [1.807, 2.05) is 48.9 Å². The van der Waals surface area contributed by atoms with E-state index in [0.29, 0.717) is 11.6 Å². The van der Waals surface area contributed by atoms with Crippen molar-refractivity contribution in [2.45, 2.75) is 38.5 Å². The van der Waals surface area contributed by atoms with Crippen molar-refractivity contribution in [1.29, 1.82) is 0 Å². The molecule has 6 aromatic heterocycles. The molecule has 8 heterocycles. The van der Waals surface area contributed by atoms with E-state index in [9.17, 15) is 0 Å². The lowest BCUT2D eigenvalue weighted by Gasteiger charge is -2.34. The number of nitrogens with zero attached hydrogens (tertiary/aromatic N) is 8. The summed E-state index contributed by atoms with van der Waals surface area (Å²) in [7, 11) is 0. The smallest absolute Gasteiger partial charge is 0.159 e. The van der Waals surface area contributed by atoms with Gasteiger partial charge in [0.25, 0.3) is 0 Å². The van der Waals surface area contributed by atoms with Crippen molar-refractivity contribution in [3.63, 3.8) is 0 Å². The molecular weight excluding hydrogens is 1360 g/mol. The minimum atomic E-state index is -0.137. The van der Waals surface area contributed by atoms with Crippen LogP contribution in [0.2, 0.25) is 0 Å². The van der Waals surface area contributed by atoms with Gasteiger partial charge in [0.1, 0.15) is 0 Å². The largest absolute Gasteiger partial charge is 0.309 e. The van der Waals surface area contributed by atoms with Gasteiger partial charge in [0.2, 0.25) is 0 Å². The summed E-state index contributed by atoms with van der Waals surface area (Å²) in [6.45, 7) is 9.45. The third kappa shape index (κ3) is 9.87. The maximum absolute atomic E-state index is 5.17. The standard InChI is InChI=1S/C55H38N4.C49H34N4/c1-55(2)45-21-10-12-24-48(45)59-50-26-25-49-51(52(50)44-20-13-22-46(55)53(44)59)43-19-9-11-23-47(43)58(49)42-33-40(32-41(34-42)54-56-27-14-28-57-54)39-30-37(35-15-5-3-6-16-35)29-38(31-39)36-17-7-4-8-18-36;1-49(2)38-23-10-12-26-41(38)53-43-28-27-42-44(45(43)36-22-14-24-39(49)47(36)53)35-21-9-11-25-40(35)52(42)34-20-13-19-33(29-34)37-30-50-48(32-17-7-4-8-18-32)51-46(37)31-15-5-3-6-16-31/h3-34H,1-2H3;3-30H,1-2H3. The van der Waals surface area contributed by atoms with Crippen LogP contribution in [-0.2, 0) is 10.8 Å². The van der Waals surface area contributed by atoms with Crippen LogP contribution in [0.3, 0.4) is 0 Å². The summed E-state index contributed by atoms with van der Waals surface area (Å²) in [6.07, 6.45) is 5.64. The van der Waals surface area contributed by atoms with Crippen LogP contribution in [0, 0.1) is 0 Å². The summed E-state index contributed by atoms with van der Waals surface area (Å²) < 4.78 is 9.90. The summed E-state index contributed by atoms with van der Waals surface area (Å²) in [6, 6.07) is 125. The number of fused-ring (bicyclic) bond motifs is 18. The number of rotatable bonds is 9. The number of aromatic nitrogens is 8. The lowest BCUT2D eigenvalue weighted by Crippen LogP contribution is -2.26. The molecule has 0 saturated heterocycles. The van der Waals surface area contributed by atoms with Crippen molar-refractivity contribution in [3.05, 3.63) is 387 Å². The molecule has 21 aromatic rings. The Balaban J connectivity index is 0.000000138. The second-order valence-corrected chi connectivity index (χ2v) is 30.9. The van der Waals surface area contributed by atoms with E-state index in [0.717, 1.165) is 67.0 Å². The van der Waals surface area contributed by atoms with Gasteiger partial charge in [-0.1, -0.05) is 270 Å². The van der Waals surface area contributed by atoms with Gasteiger partial charge in [-0.2, -0.15) is 0 Å². The molecule has 0 atom stereocenters. The number of hydrogen-bond donors (Lipinski definition) is 0. The summed E-state index contributed by atoms with van der Waals surface area (Å²) in [4.78, 5) is 19.6. The van der Waals surface area contributed by atoms with Crippen LogP contribution in [0.5, 0.6) is 0 Å². The fourth-order valence-corrected chi connectivity index (χ4v) is 18.8. The molecule has 0 unspecified atom stereocenters. The molecule has 2 aliphatic heterocycles. The highest BCUT2D eigenvalue weighted by Gasteiger charge is 2.38. The van der Waals surface area contributed by atoms with Crippen molar-refractivity contribution in [3.8, 4) is 101 Å². The van der Waals surface area contributed by atoms with Crippen LogP contribution in [0.15, 0.2) is 364 Å². The molecule has 0 aliphatic carbocycles. The average Bonchev–Trinajstić information content (AvgIpc) is 1.54.